The second kappa shape index (κ2) is 5.84. The molecule has 1 rings (SSSR count). The molecule has 0 amide bonds. The van der Waals surface area contributed by atoms with Crippen molar-refractivity contribution in [1.82, 2.24) is 5.32 Å². The van der Waals surface area contributed by atoms with Gasteiger partial charge in [-0.15, -0.1) is 0 Å². The summed E-state index contributed by atoms with van der Waals surface area (Å²) < 4.78 is 13.0. The van der Waals surface area contributed by atoms with Crippen LogP contribution in [0.3, 0.4) is 0 Å². The molecule has 1 atom stereocenters. The Morgan fingerprint density at radius 1 is 1.65 bits per heavy atom. The summed E-state index contributed by atoms with van der Waals surface area (Å²) in [5.74, 6) is -1.43. The number of carbonyl (C=O) groups is 1. The van der Waals surface area contributed by atoms with Gasteiger partial charge in [-0.3, -0.25) is 4.79 Å². The average molecular weight is 261 g/mol. The first-order valence-corrected chi connectivity index (χ1v) is 5.39. The molecule has 0 aliphatic carbocycles. The molecule has 0 saturated heterocycles. The summed E-state index contributed by atoms with van der Waals surface area (Å²) in [6.45, 7) is 0.258. The van der Waals surface area contributed by atoms with Gasteiger partial charge in [-0.05, 0) is 25.2 Å². The van der Waals surface area contributed by atoms with Gasteiger partial charge in [0.1, 0.15) is 11.9 Å². The number of likely N-dealkylation sites (N-methyl/N-ethyl adjacent to an activating group) is 2. The fourth-order valence-corrected chi connectivity index (χ4v) is 1.57. The van der Waals surface area contributed by atoms with Crippen LogP contribution in [0.2, 0.25) is 5.02 Å². The summed E-state index contributed by atoms with van der Waals surface area (Å²) in [5.41, 5.74) is 0.665. The van der Waals surface area contributed by atoms with Gasteiger partial charge in [0.05, 0.1) is 5.02 Å². The third kappa shape index (κ3) is 3.57. The minimum Gasteiger partial charge on any atom is -0.480 e. The highest BCUT2D eigenvalue weighted by Crippen LogP contribution is 2.21. The van der Waals surface area contributed by atoms with Gasteiger partial charge < -0.3 is 15.3 Å². The van der Waals surface area contributed by atoms with E-state index < -0.39 is 17.8 Å². The Morgan fingerprint density at radius 3 is 2.76 bits per heavy atom. The fraction of sp³-hybridized carbons (Fsp3) is 0.364. The number of hydrogen-bond donors (Lipinski definition) is 2. The fourth-order valence-electron chi connectivity index (χ4n) is 1.39. The second-order valence-electron chi connectivity index (χ2n) is 3.66. The highest BCUT2D eigenvalue weighted by atomic mass is 35.5. The summed E-state index contributed by atoms with van der Waals surface area (Å²) in [6, 6.07) is 3.58. The highest BCUT2D eigenvalue weighted by molar-refractivity contribution is 6.31. The number of nitrogens with zero attached hydrogens (tertiary/aromatic N) is 1. The van der Waals surface area contributed by atoms with Crippen LogP contribution in [0, 0.1) is 5.82 Å². The van der Waals surface area contributed by atoms with E-state index in [4.69, 9.17) is 16.7 Å². The Bertz CT molecular complexity index is 414. The molecule has 94 valence electrons. The van der Waals surface area contributed by atoms with Crippen LogP contribution in [0.1, 0.15) is 0 Å². The van der Waals surface area contributed by atoms with Crippen molar-refractivity contribution in [3.63, 3.8) is 0 Å². The largest absolute Gasteiger partial charge is 0.480 e. The number of carboxylic acids is 1. The molecule has 2 N–H and O–H groups in total. The van der Waals surface area contributed by atoms with Gasteiger partial charge >= 0.3 is 5.97 Å². The summed E-state index contributed by atoms with van der Waals surface area (Å²) in [4.78, 5) is 12.5. The maximum Gasteiger partial charge on any atom is 0.322 e. The molecule has 1 aromatic rings. The Hall–Kier alpha value is -1.33. The number of hydrogen-bond acceptors (Lipinski definition) is 3. The van der Waals surface area contributed by atoms with E-state index in [1.165, 1.54) is 12.1 Å². The third-order valence-electron chi connectivity index (χ3n) is 2.45. The number of carboxylic acid groups (broad SMARTS) is 1. The predicted molar refractivity (Wildman–Crippen MR) is 65.2 cm³/mol. The topological polar surface area (TPSA) is 52.6 Å². The van der Waals surface area contributed by atoms with Crippen molar-refractivity contribution in [1.29, 1.82) is 0 Å². The van der Waals surface area contributed by atoms with Gasteiger partial charge in [0, 0.05) is 19.3 Å². The molecule has 1 aromatic carbocycles. The van der Waals surface area contributed by atoms with Crippen LogP contribution in [-0.4, -0.2) is 37.8 Å². The molecule has 0 fully saturated rings. The van der Waals surface area contributed by atoms with E-state index in [-0.39, 0.29) is 11.6 Å². The van der Waals surface area contributed by atoms with E-state index in [1.807, 2.05) is 0 Å². The molecular formula is C11H14ClFN2O2. The third-order valence-corrected chi connectivity index (χ3v) is 2.74. The first-order chi connectivity index (χ1) is 7.95. The van der Waals surface area contributed by atoms with Crippen LogP contribution in [0.25, 0.3) is 0 Å². The molecule has 0 aromatic heterocycles. The maximum atomic E-state index is 13.0. The minimum atomic E-state index is -0.937. The quantitative estimate of drug-likeness (QED) is 0.844. The minimum absolute atomic E-state index is 0.0192. The number of halogens is 2. The van der Waals surface area contributed by atoms with Gasteiger partial charge in [-0.1, -0.05) is 11.6 Å². The Kier molecular flexibility index (Phi) is 4.72. The molecule has 4 nitrogen and oxygen atoms in total. The number of aliphatic carboxylic acids is 1. The van der Waals surface area contributed by atoms with Gasteiger partial charge in [0.15, 0.2) is 0 Å². The number of nitrogens with one attached hydrogen (secondary N) is 1. The van der Waals surface area contributed by atoms with Crippen molar-refractivity contribution in [2.45, 2.75) is 6.04 Å². The molecule has 0 spiro atoms. The van der Waals surface area contributed by atoms with Crippen molar-refractivity contribution in [3.8, 4) is 0 Å². The Morgan fingerprint density at radius 2 is 2.29 bits per heavy atom. The smallest absolute Gasteiger partial charge is 0.322 e. The molecule has 0 bridgehead atoms. The monoisotopic (exact) mass is 260 g/mol. The van der Waals surface area contributed by atoms with Crippen molar-refractivity contribution in [2.75, 3.05) is 25.5 Å². The molecule has 0 aliphatic heterocycles. The van der Waals surface area contributed by atoms with Crippen LogP contribution >= 0.6 is 11.6 Å². The van der Waals surface area contributed by atoms with Crippen molar-refractivity contribution in [2.24, 2.45) is 0 Å². The van der Waals surface area contributed by atoms with Gasteiger partial charge in [-0.25, -0.2) is 4.39 Å². The summed E-state index contributed by atoms with van der Waals surface area (Å²) in [5, 5.41) is 11.6. The molecule has 0 saturated carbocycles. The highest BCUT2D eigenvalue weighted by Gasteiger charge is 2.17. The normalized spacial score (nSPS) is 12.2. The molecule has 0 radical (unpaired) electrons. The molecule has 6 heteroatoms. The first kappa shape index (κ1) is 13.7. The van der Waals surface area contributed by atoms with Crippen molar-refractivity contribution < 1.29 is 14.3 Å². The van der Waals surface area contributed by atoms with Gasteiger partial charge in [0.2, 0.25) is 0 Å². The predicted octanol–water partition coefficient (Wildman–Crippen LogP) is 1.59. The summed E-state index contributed by atoms with van der Waals surface area (Å²) in [7, 11) is 3.29. The van der Waals surface area contributed by atoms with E-state index in [0.717, 1.165) is 0 Å². The molecule has 17 heavy (non-hydrogen) atoms. The van der Waals surface area contributed by atoms with Crippen LogP contribution in [0.5, 0.6) is 0 Å². The van der Waals surface area contributed by atoms with E-state index in [9.17, 15) is 9.18 Å². The van der Waals surface area contributed by atoms with E-state index in [0.29, 0.717) is 5.69 Å². The van der Waals surface area contributed by atoms with Crippen molar-refractivity contribution in [3.05, 3.63) is 29.0 Å². The summed E-state index contributed by atoms with van der Waals surface area (Å²) in [6.07, 6.45) is 0. The molecule has 0 aliphatic rings. The molecular weight excluding hydrogens is 247 g/mol. The second-order valence-corrected chi connectivity index (χ2v) is 4.07. The Labute approximate surface area is 104 Å². The number of benzene rings is 1. The zero-order valence-electron chi connectivity index (χ0n) is 9.58. The lowest BCUT2D eigenvalue weighted by molar-refractivity contribution is -0.139. The van der Waals surface area contributed by atoms with E-state index in [1.54, 1.807) is 25.1 Å². The SMILES string of the molecule is CNC(CN(C)c1ccc(F)c(Cl)c1)C(=O)O. The lowest BCUT2D eigenvalue weighted by Gasteiger charge is -2.23. The maximum absolute atomic E-state index is 13.0. The molecule has 0 heterocycles. The van der Waals surface area contributed by atoms with Crippen LogP contribution in [0.15, 0.2) is 18.2 Å². The van der Waals surface area contributed by atoms with Crippen molar-refractivity contribution >= 4 is 23.3 Å². The lowest BCUT2D eigenvalue weighted by atomic mass is 10.2. The van der Waals surface area contributed by atoms with Crippen LogP contribution in [-0.2, 0) is 4.79 Å². The standard InChI is InChI=1S/C11H14ClFN2O2/c1-14-10(11(16)17)6-15(2)7-3-4-9(13)8(12)5-7/h3-5,10,14H,6H2,1-2H3,(H,16,17). The van der Waals surface area contributed by atoms with Gasteiger partial charge in [-0.2, -0.15) is 0 Å². The zero-order chi connectivity index (χ0) is 13.0. The van der Waals surface area contributed by atoms with Gasteiger partial charge in [0.25, 0.3) is 0 Å². The lowest BCUT2D eigenvalue weighted by Crippen LogP contribution is -2.43. The summed E-state index contributed by atoms with van der Waals surface area (Å²) >= 11 is 5.66. The van der Waals surface area contributed by atoms with E-state index >= 15 is 0 Å². The zero-order valence-corrected chi connectivity index (χ0v) is 10.3. The Balaban J connectivity index is 2.78. The number of anilines is 1. The number of rotatable bonds is 5. The van der Waals surface area contributed by atoms with Crippen LogP contribution in [0.4, 0.5) is 10.1 Å². The van der Waals surface area contributed by atoms with E-state index in [2.05, 4.69) is 5.32 Å². The molecule has 1 unspecified atom stereocenters. The average Bonchev–Trinajstić information content (AvgIpc) is 2.28. The first-order valence-electron chi connectivity index (χ1n) is 5.02. The van der Waals surface area contributed by atoms with Crippen LogP contribution < -0.4 is 10.2 Å².